The van der Waals surface area contributed by atoms with Crippen molar-refractivity contribution in [3.05, 3.63) is 12.0 Å². The summed E-state index contributed by atoms with van der Waals surface area (Å²) in [5.41, 5.74) is 0. The van der Waals surface area contributed by atoms with Gasteiger partial charge in [0, 0.05) is 39.3 Å². The van der Waals surface area contributed by atoms with Crippen molar-refractivity contribution in [3.8, 4) is 0 Å². The Labute approximate surface area is 131 Å². The molecule has 1 aliphatic heterocycles. The first-order chi connectivity index (χ1) is 10.3. The summed E-state index contributed by atoms with van der Waals surface area (Å²) in [6.07, 6.45) is 3.81. The average molecular weight is 328 g/mol. The number of piperidine rings is 1. The number of nitrogens with zero attached hydrogens (tertiary/aromatic N) is 3. The molecule has 0 radical (unpaired) electrons. The number of imidazole rings is 1. The van der Waals surface area contributed by atoms with Crippen molar-refractivity contribution < 1.29 is 13.2 Å². The number of hydrogen-bond acceptors (Lipinski definition) is 4. The van der Waals surface area contributed by atoms with Crippen LogP contribution in [-0.4, -0.2) is 48.4 Å². The summed E-state index contributed by atoms with van der Waals surface area (Å²) in [5, 5.41) is -0.00783. The molecule has 0 saturated carbocycles. The van der Waals surface area contributed by atoms with Crippen molar-refractivity contribution in [2.45, 2.75) is 38.1 Å². The normalized spacial score (nSPS) is 19.4. The highest BCUT2D eigenvalue weighted by molar-refractivity contribution is 7.89. The van der Waals surface area contributed by atoms with Crippen LogP contribution < -0.4 is 4.72 Å². The fourth-order valence-corrected chi connectivity index (χ4v) is 3.66. The van der Waals surface area contributed by atoms with Crippen molar-refractivity contribution in [2.24, 2.45) is 13.0 Å². The van der Waals surface area contributed by atoms with Gasteiger partial charge in [-0.05, 0) is 25.7 Å². The summed E-state index contributed by atoms with van der Waals surface area (Å²) < 4.78 is 28.3. The minimum absolute atomic E-state index is 0.00597. The molecule has 1 aromatic rings. The molecule has 1 amide bonds. The van der Waals surface area contributed by atoms with Gasteiger partial charge in [0.1, 0.15) is 5.82 Å². The highest BCUT2D eigenvalue weighted by Crippen LogP contribution is 2.16. The van der Waals surface area contributed by atoms with E-state index in [4.69, 9.17) is 0 Å². The molecule has 0 bridgehead atoms. The summed E-state index contributed by atoms with van der Waals surface area (Å²) >= 11 is 0. The highest BCUT2D eigenvalue weighted by Gasteiger charge is 2.22. The van der Waals surface area contributed by atoms with Gasteiger partial charge in [-0.1, -0.05) is 6.92 Å². The van der Waals surface area contributed by atoms with Gasteiger partial charge in [0.2, 0.25) is 5.91 Å². The van der Waals surface area contributed by atoms with Crippen molar-refractivity contribution in [1.82, 2.24) is 19.2 Å². The quantitative estimate of drug-likeness (QED) is 0.860. The molecule has 1 saturated heterocycles. The summed E-state index contributed by atoms with van der Waals surface area (Å²) in [7, 11) is -1.91. The monoisotopic (exact) mass is 328 g/mol. The number of aryl methyl sites for hydroxylation is 2. The molecular weight excluding hydrogens is 304 g/mol. The van der Waals surface area contributed by atoms with E-state index in [0.29, 0.717) is 11.7 Å². The number of nitrogens with one attached hydrogen (secondary N) is 1. The van der Waals surface area contributed by atoms with Crippen LogP contribution in [0.25, 0.3) is 0 Å². The van der Waals surface area contributed by atoms with Gasteiger partial charge in [-0.2, -0.15) is 0 Å². The molecule has 0 aromatic carbocycles. The minimum atomic E-state index is -3.65. The third-order valence-electron chi connectivity index (χ3n) is 4.00. The molecule has 8 heteroatoms. The summed E-state index contributed by atoms with van der Waals surface area (Å²) in [4.78, 5) is 17.9. The first kappa shape index (κ1) is 17.0. The maximum atomic E-state index is 12.1. The maximum absolute atomic E-state index is 12.1. The van der Waals surface area contributed by atoms with E-state index >= 15 is 0 Å². The lowest BCUT2D eigenvalue weighted by atomic mass is 10.0. The molecule has 22 heavy (non-hydrogen) atoms. The van der Waals surface area contributed by atoms with Crippen molar-refractivity contribution in [2.75, 3.05) is 19.6 Å². The van der Waals surface area contributed by atoms with E-state index in [-0.39, 0.29) is 23.9 Å². The summed E-state index contributed by atoms with van der Waals surface area (Å²) in [6, 6.07) is 0. The van der Waals surface area contributed by atoms with Gasteiger partial charge in [-0.15, -0.1) is 0 Å². The summed E-state index contributed by atoms with van der Waals surface area (Å²) in [5.74, 6) is 1.15. The Hall–Kier alpha value is -1.41. The molecule has 1 aliphatic rings. The Bertz CT molecular complexity index is 619. The lowest BCUT2D eigenvalue weighted by Crippen LogP contribution is -2.40. The number of likely N-dealkylation sites (tertiary alicyclic amines) is 1. The maximum Gasteiger partial charge on any atom is 0.259 e. The molecule has 1 atom stereocenters. The lowest BCUT2D eigenvalue weighted by Gasteiger charge is -2.31. The standard InChI is InChI=1S/C14H24N4O3S/c1-11-5-4-8-18(9-11)14(19)6-7-15-22(20,21)13-10-17(3)12(2)16-13/h10-11,15H,4-9H2,1-3H3. The number of sulfonamides is 1. The van der Waals surface area contributed by atoms with E-state index in [2.05, 4.69) is 16.6 Å². The number of rotatable bonds is 5. The molecule has 2 heterocycles. The van der Waals surface area contributed by atoms with Gasteiger partial charge < -0.3 is 9.47 Å². The predicted molar refractivity (Wildman–Crippen MR) is 82.7 cm³/mol. The first-order valence-corrected chi connectivity index (χ1v) is 9.05. The van der Waals surface area contributed by atoms with Gasteiger partial charge in [-0.25, -0.2) is 18.1 Å². The second-order valence-electron chi connectivity index (χ2n) is 5.97. The molecule has 124 valence electrons. The number of aromatic nitrogens is 2. The Morgan fingerprint density at radius 2 is 2.23 bits per heavy atom. The fourth-order valence-electron chi connectivity index (χ4n) is 2.60. The van der Waals surface area contributed by atoms with E-state index in [9.17, 15) is 13.2 Å². The predicted octanol–water partition coefficient (Wildman–Crippen LogP) is 0.655. The molecule has 1 fully saturated rings. The Morgan fingerprint density at radius 3 is 2.82 bits per heavy atom. The van der Waals surface area contributed by atoms with Crippen LogP contribution in [0, 0.1) is 12.8 Å². The lowest BCUT2D eigenvalue weighted by molar-refractivity contribution is -0.132. The van der Waals surface area contributed by atoms with E-state index in [1.165, 1.54) is 6.20 Å². The number of carbonyl (C=O) groups excluding carboxylic acids is 1. The second-order valence-corrected chi connectivity index (χ2v) is 7.69. The van der Waals surface area contributed by atoms with Crippen LogP contribution >= 0.6 is 0 Å². The largest absolute Gasteiger partial charge is 0.342 e. The molecule has 1 aromatic heterocycles. The van der Waals surface area contributed by atoms with Crippen molar-refractivity contribution in [1.29, 1.82) is 0 Å². The van der Waals surface area contributed by atoms with Crippen molar-refractivity contribution >= 4 is 15.9 Å². The van der Waals surface area contributed by atoms with Gasteiger partial charge >= 0.3 is 0 Å². The molecule has 0 spiro atoms. The zero-order valence-corrected chi connectivity index (χ0v) is 14.2. The van der Waals surface area contributed by atoms with E-state index in [0.717, 1.165) is 25.9 Å². The highest BCUT2D eigenvalue weighted by atomic mass is 32.2. The Kier molecular flexibility index (Phi) is 5.23. The Balaban J connectivity index is 1.86. The van der Waals surface area contributed by atoms with Gasteiger partial charge in [0.05, 0.1) is 0 Å². The zero-order chi connectivity index (χ0) is 16.3. The van der Waals surface area contributed by atoms with Crippen LogP contribution in [0.4, 0.5) is 0 Å². The van der Waals surface area contributed by atoms with E-state index in [1.807, 2.05) is 4.90 Å². The van der Waals surface area contributed by atoms with Gasteiger partial charge in [-0.3, -0.25) is 4.79 Å². The van der Waals surface area contributed by atoms with E-state index in [1.54, 1.807) is 18.5 Å². The van der Waals surface area contributed by atoms with Crippen LogP contribution in [0.3, 0.4) is 0 Å². The van der Waals surface area contributed by atoms with Gasteiger partial charge in [0.15, 0.2) is 5.03 Å². The third-order valence-corrected chi connectivity index (χ3v) is 5.33. The summed E-state index contributed by atoms with van der Waals surface area (Å²) in [6.45, 7) is 5.51. The number of amides is 1. The molecule has 7 nitrogen and oxygen atoms in total. The van der Waals surface area contributed by atoms with Crippen molar-refractivity contribution in [3.63, 3.8) is 0 Å². The van der Waals surface area contributed by atoms with Crippen LogP contribution in [-0.2, 0) is 21.9 Å². The molecular formula is C14H24N4O3S. The third kappa shape index (κ3) is 4.07. The molecule has 2 rings (SSSR count). The molecule has 1 unspecified atom stereocenters. The second kappa shape index (κ2) is 6.78. The zero-order valence-electron chi connectivity index (χ0n) is 13.4. The Morgan fingerprint density at radius 1 is 1.50 bits per heavy atom. The smallest absolute Gasteiger partial charge is 0.259 e. The van der Waals surface area contributed by atoms with E-state index < -0.39 is 10.0 Å². The van der Waals surface area contributed by atoms with Gasteiger partial charge in [0.25, 0.3) is 10.0 Å². The SMILES string of the molecule is Cc1nc(S(=O)(=O)NCCC(=O)N2CCCC(C)C2)cn1C. The van der Waals surface area contributed by atoms with Crippen LogP contribution in [0.5, 0.6) is 0 Å². The molecule has 0 aliphatic carbocycles. The number of carbonyl (C=O) groups is 1. The molecule has 1 N–H and O–H groups in total. The topological polar surface area (TPSA) is 84.3 Å². The fraction of sp³-hybridized carbons (Fsp3) is 0.714. The van der Waals surface area contributed by atoms with Crippen LogP contribution in [0.2, 0.25) is 0 Å². The number of hydrogen-bond donors (Lipinski definition) is 1. The van der Waals surface area contributed by atoms with Crippen LogP contribution in [0.15, 0.2) is 11.2 Å². The first-order valence-electron chi connectivity index (χ1n) is 7.57. The average Bonchev–Trinajstić information content (AvgIpc) is 2.79. The minimum Gasteiger partial charge on any atom is -0.342 e. The van der Waals surface area contributed by atoms with Crippen LogP contribution in [0.1, 0.15) is 32.0 Å².